The fourth-order valence-electron chi connectivity index (χ4n) is 1.56. The number of benzene rings is 1. The summed E-state index contributed by atoms with van der Waals surface area (Å²) in [7, 11) is 1.79. The van der Waals surface area contributed by atoms with E-state index in [0.717, 1.165) is 10.0 Å². The predicted octanol–water partition coefficient (Wildman–Crippen LogP) is 2.92. The molecule has 0 aliphatic heterocycles. The summed E-state index contributed by atoms with van der Waals surface area (Å²) in [5.74, 6) is 0. The standard InChI is InChI=1S/C11H10BrClN2O/c1-15-10(9(12)6-14-15)11(16)7-3-2-4-8(13)5-7/h2-6,11,16H,1H3. The number of hydrogen-bond donors (Lipinski definition) is 1. The molecule has 0 aliphatic carbocycles. The molecule has 3 nitrogen and oxygen atoms in total. The Morgan fingerprint density at radius 2 is 2.25 bits per heavy atom. The van der Waals surface area contributed by atoms with Crippen molar-refractivity contribution in [2.24, 2.45) is 7.05 Å². The van der Waals surface area contributed by atoms with Gasteiger partial charge in [-0.15, -0.1) is 0 Å². The van der Waals surface area contributed by atoms with Gasteiger partial charge in [0.1, 0.15) is 6.10 Å². The van der Waals surface area contributed by atoms with Gasteiger partial charge in [-0.2, -0.15) is 5.10 Å². The molecule has 0 bridgehead atoms. The second kappa shape index (κ2) is 4.57. The van der Waals surface area contributed by atoms with Crippen LogP contribution in [0.15, 0.2) is 34.9 Å². The maximum atomic E-state index is 10.2. The monoisotopic (exact) mass is 300 g/mol. The van der Waals surface area contributed by atoms with Crippen LogP contribution in [-0.2, 0) is 7.05 Å². The number of hydrogen-bond acceptors (Lipinski definition) is 2. The Morgan fingerprint density at radius 3 is 2.81 bits per heavy atom. The third-order valence-electron chi connectivity index (χ3n) is 2.36. The highest BCUT2D eigenvalue weighted by molar-refractivity contribution is 9.10. The predicted molar refractivity (Wildman–Crippen MR) is 66.4 cm³/mol. The van der Waals surface area contributed by atoms with E-state index in [4.69, 9.17) is 11.6 Å². The van der Waals surface area contributed by atoms with Crippen LogP contribution < -0.4 is 0 Å². The van der Waals surface area contributed by atoms with Crippen molar-refractivity contribution in [2.45, 2.75) is 6.10 Å². The van der Waals surface area contributed by atoms with Crippen LogP contribution in [-0.4, -0.2) is 14.9 Å². The van der Waals surface area contributed by atoms with Crippen LogP contribution in [0.5, 0.6) is 0 Å². The number of rotatable bonds is 2. The molecular weight excluding hydrogens is 291 g/mol. The number of aryl methyl sites for hydroxylation is 1. The molecule has 1 unspecified atom stereocenters. The minimum Gasteiger partial charge on any atom is -0.382 e. The molecule has 1 N–H and O–H groups in total. The summed E-state index contributed by atoms with van der Waals surface area (Å²) >= 11 is 9.24. The molecule has 0 amide bonds. The number of aromatic nitrogens is 2. The molecule has 1 atom stereocenters. The van der Waals surface area contributed by atoms with E-state index in [1.807, 2.05) is 12.1 Å². The first-order valence-corrected chi connectivity index (χ1v) is 5.87. The van der Waals surface area contributed by atoms with Crippen molar-refractivity contribution >= 4 is 27.5 Å². The normalized spacial score (nSPS) is 12.8. The Hall–Kier alpha value is -0.840. The fourth-order valence-corrected chi connectivity index (χ4v) is 2.33. The Morgan fingerprint density at radius 1 is 1.50 bits per heavy atom. The topological polar surface area (TPSA) is 38.0 Å². The lowest BCUT2D eigenvalue weighted by Gasteiger charge is -2.12. The first-order valence-electron chi connectivity index (χ1n) is 4.70. The molecule has 1 aromatic carbocycles. The van der Waals surface area contributed by atoms with E-state index < -0.39 is 6.10 Å². The van der Waals surface area contributed by atoms with Crippen LogP contribution in [0.3, 0.4) is 0 Å². The first-order chi connectivity index (χ1) is 7.59. The van der Waals surface area contributed by atoms with E-state index >= 15 is 0 Å². The average molecular weight is 302 g/mol. The van der Waals surface area contributed by atoms with Crippen LogP contribution in [0.2, 0.25) is 5.02 Å². The van der Waals surface area contributed by atoms with E-state index in [1.165, 1.54) is 0 Å². The van der Waals surface area contributed by atoms with Crippen molar-refractivity contribution < 1.29 is 5.11 Å². The van der Waals surface area contributed by atoms with Gasteiger partial charge in [0, 0.05) is 12.1 Å². The maximum absolute atomic E-state index is 10.2. The summed E-state index contributed by atoms with van der Waals surface area (Å²) in [5.41, 5.74) is 1.46. The molecular formula is C11H10BrClN2O. The largest absolute Gasteiger partial charge is 0.382 e. The second-order valence-electron chi connectivity index (χ2n) is 3.46. The highest BCUT2D eigenvalue weighted by Crippen LogP contribution is 2.28. The van der Waals surface area contributed by atoms with Gasteiger partial charge in [0.15, 0.2) is 0 Å². The molecule has 1 heterocycles. The number of aliphatic hydroxyl groups is 1. The van der Waals surface area contributed by atoms with Gasteiger partial charge in [0.2, 0.25) is 0 Å². The lowest BCUT2D eigenvalue weighted by Crippen LogP contribution is -2.07. The minimum atomic E-state index is -0.736. The van der Waals surface area contributed by atoms with Crippen molar-refractivity contribution in [1.29, 1.82) is 0 Å². The molecule has 2 rings (SSSR count). The lowest BCUT2D eigenvalue weighted by atomic mass is 10.1. The average Bonchev–Trinajstić information content (AvgIpc) is 2.58. The Bertz CT molecular complexity index is 493. The van der Waals surface area contributed by atoms with E-state index in [2.05, 4.69) is 21.0 Å². The highest BCUT2D eigenvalue weighted by Gasteiger charge is 2.18. The SMILES string of the molecule is Cn1ncc(Br)c1C(O)c1cccc(Cl)c1. The van der Waals surface area contributed by atoms with Gasteiger partial charge < -0.3 is 5.11 Å². The molecule has 5 heteroatoms. The molecule has 2 aromatic rings. The van der Waals surface area contributed by atoms with Gasteiger partial charge in [-0.3, -0.25) is 4.68 Å². The van der Waals surface area contributed by atoms with Crippen molar-refractivity contribution in [2.75, 3.05) is 0 Å². The first kappa shape index (κ1) is 11.6. The molecule has 0 saturated carbocycles. The molecule has 1 aromatic heterocycles. The molecule has 0 aliphatic rings. The zero-order valence-corrected chi connectivity index (χ0v) is 10.9. The van der Waals surface area contributed by atoms with Crippen LogP contribution in [0.25, 0.3) is 0 Å². The highest BCUT2D eigenvalue weighted by atomic mass is 79.9. The molecule has 84 valence electrons. The Kier molecular flexibility index (Phi) is 3.33. The van der Waals surface area contributed by atoms with Crippen molar-refractivity contribution in [3.8, 4) is 0 Å². The summed E-state index contributed by atoms with van der Waals surface area (Å²) in [6.45, 7) is 0. The van der Waals surface area contributed by atoms with Gasteiger partial charge in [-0.1, -0.05) is 23.7 Å². The number of aliphatic hydroxyl groups excluding tert-OH is 1. The molecule has 16 heavy (non-hydrogen) atoms. The summed E-state index contributed by atoms with van der Waals surface area (Å²) in [5, 5.41) is 14.9. The van der Waals surface area contributed by atoms with Gasteiger partial charge in [0.05, 0.1) is 16.4 Å². The van der Waals surface area contributed by atoms with Crippen LogP contribution >= 0.6 is 27.5 Å². The van der Waals surface area contributed by atoms with Crippen molar-refractivity contribution in [3.05, 3.63) is 51.2 Å². The maximum Gasteiger partial charge on any atom is 0.122 e. The minimum absolute atomic E-state index is 0.606. The Balaban J connectivity index is 2.43. The number of halogens is 2. The van der Waals surface area contributed by atoms with Gasteiger partial charge in [0.25, 0.3) is 0 Å². The van der Waals surface area contributed by atoms with Gasteiger partial charge in [-0.05, 0) is 33.6 Å². The smallest absolute Gasteiger partial charge is 0.122 e. The summed E-state index contributed by atoms with van der Waals surface area (Å²) in [4.78, 5) is 0. The summed E-state index contributed by atoms with van der Waals surface area (Å²) in [6.07, 6.45) is 0.920. The molecule has 0 fully saturated rings. The fraction of sp³-hybridized carbons (Fsp3) is 0.182. The molecule has 0 spiro atoms. The number of nitrogens with zero attached hydrogens (tertiary/aromatic N) is 2. The van der Waals surface area contributed by atoms with Crippen LogP contribution in [0.4, 0.5) is 0 Å². The third kappa shape index (κ3) is 2.14. The van der Waals surface area contributed by atoms with E-state index in [0.29, 0.717) is 10.7 Å². The zero-order valence-electron chi connectivity index (χ0n) is 8.56. The van der Waals surface area contributed by atoms with Gasteiger partial charge >= 0.3 is 0 Å². The molecule has 0 radical (unpaired) electrons. The zero-order chi connectivity index (χ0) is 11.7. The van der Waals surface area contributed by atoms with E-state index in [9.17, 15) is 5.11 Å². The van der Waals surface area contributed by atoms with E-state index in [1.54, 1.807) is 30.1 Å². The summed E-state index contributed by atoms with van der Waals surface area (Å²) in [6, 6.07) is 7.16. The van der Waals surface area contributed by atoms with Gasteiger partial charge in [-0.25, -0.2) is 0 Å². The molecule has 0 saturated heterocycles. The van der Waals surface area contributed by atoms with Crippen molar-refractivity contribution in [3.63, 3.8) is 0 Å². The second-order valence-corrected chi connectivity index (χ2v) is 4.75. The van der Waals surface area contributed by atoms with E-state index in [-0.39, 0.29) is 0 Å². The quantitative estimate of drug-likeness (QED) is 0.926. The van der Waals surface area contributed by atoms with Crippen molar-refractivity contribution in [1.82, 2.24) is 9.78 Å². The lowest BCUT2D eigenvalue weighted by molar-refractivity contribution is 0.209. The summed E-state index contributed by atoms with van der Waals surface area (Å²) < 4.78 is 2.41. The Labute approximate surface area is 107 Å². The third-order valence-corrected chi connectivity index (χ3v) is 3.21. The van der Waals surface area contributed by atoms with Crippen LogP contribution in [0, 0.1) is 0 Å². The van der Waals surface area contributed by atoms with Crippen LogP contribution in [0.1, 0.15) is 17.4 Å².